The van der Waals surface area contributed by atoms with Crippen LogP contribution in [0.1, 0.15) is 56.2 Å². The summed E-state index contributed by atoms with van der Waals surface area (Å²) in [6.45, 7) is 4.85. The number of ketones is 1. The van der Waals surface area contributed by atoms with Gasteiger partial charge in [-0.1, -0.05) is 61.4 Å². The summed E-state index contributed by atoms with van der Waals surface area (Å²) in [6, 6.07) is 18.1. The summed E-state index contributed by atoms with van der Waals surface area (Å²) in [5, 5.41) is 0. The van der Waals surface area contributed by atoms with E-state index in [0.29, 0.717) is 18.7 Å². The van der Waals surface area contributed by atoms with E-state index in [9.17, 15) is 9.59 Å². The molecule has 2 aromatic rings. The van der Waals surface area contributed by atoms with Crippen molar-refractivity contribution in [3.05, 3.63) is 65.7 Å². The number of hydrogen-bond acceptors (Lipinski definition) is 2. The number of Topliss-reactive ketones (excluding diaryl/α,β-unsaturated/α-hetero) is 1. The number of nitrogens with zero attached hydrogens (tertiary/aromatic N) is 2. The average Bonchev–Trinajstić information content (AvgIpc) is 3.02. The summed E-state index contributed by atoms with van der Waals surface area (Å²) >= 11 is 0. The molecule has 4 heteroatoms. The topological polar surface area (TPSA) is 40.6 Å². The van der Waals surface area contributed by atoms with Crippen LogP contribution < -0.4 is 4.90 Å². The van der Waals surface area contributed by atoms with Gasteiger partial charge in [-0.25, -0.2) is 4.79 Å². The van der Waals surface area contributed by atoms with Gasteiger partial charge in [-0.15, -0.1) is 0 Å². The van der Waals surface area contributed by atoms with Crippen LogP contribution in [0.25, 0.3) is 0 Å². The molecule has 1 aliphatic heterocycles. The van der Waals surface area contributed by atoms with E-state index in [0.717, 1.165) is 36.9 Å². The lowest BCUT2D eigenvalue weighted by Gasteiger charge is -2.35. The summed E-state index contributed by atoms with van der Waals surface area (Å²) in [5.74, 6) is 0.237. The van der Waals surface area contributed by atoms with E-state index in [-0.39, 0.29) is 24.0 Å². The van der Waals surface area contributed by atoms with Crippen molar-refractivity contribution in [1.82, 2.24) is 4.90 Å². The van der Waals surface area contributed by atoms with Crippen LogP contribution in [-0.4, -0.2) is 29.3 Å². The van der Waals surface area contributed by atoms with Crippen molar-refractivity contribution in [3.8, 4) is 0 Å². The summed E-state index contributed by atoms with van der Waals surface area (Å²) in [7, 11) is 0. The summed E-state index contributed by atoms with van der Waals surface area (Å²) < 4.78 is 0. The Balaban J connectivity index is 1.84. The number of rotatable bonds is 5. The van der Waals surface area contributed by atoms with Crippen molar-refractivity contribution in [2.75, 3.05) is 11.4 Å². The summed E-state index contributed by atoms with van der Waals surface area (Å²) in [6.07, 6.45) is 4.43. The Labute approximate surface area is 173 Å². The van der Waals surface area contributed by atoms with Gasteiger partial charge in [0.25, 0.3) is 0 Å². The SMILES string of the molecule is CCCN1C(=O)N(c2ccccc2)[C@@H](c2ccc(C)cc2)[C@@H]1C1CCCCC1=O. The lowest BCUT2D eigenvalue weighted by Crippen LogP contribution is -2.44. The first-order valence-corrected chi connectivity index (χ1v) is 10.9. The molecule has 2 amide bonds. The standard InChI is InChI=1S/C25H30N2O2/c1-3-17-26-24(21-11-7-8-12-22(21)28)23(19-15-13-18(2)14-16-19)27(25(26)29)20-9-5-4-6-10-20/h4-6,9-10,13-16,21,23-24H,3,7-8,11-12,17H2,1-2H3/t21?,23-,24-/m0/s1. The molecule has 1 heterocycles. The zero-order valence-electron chi connectivity index (χ0n) is 17.4. The van der Waals surface area contributed by atoms with E-state index in [1.807, 2.05) is 40.1 Å². The summed E-state index contributed by atoms with van der Waals surface area (Å²) in [5.41, 5.74) is 3.20. The third kappa shape index (κ3) is 3.68. The van der Waals surface area contributed by atoms with Crippen LogP contribution in [-0.2, 0) is 4.79 Å². The first-order chi connectivity index (χ1) is 14.1. The molecule has 3 atom stereocenters. The number of carbonyl (C=O) groups excluding carboxylic acids is 2. The van der Waals surface area contributed by atoms with Gasteiger partial charge < -0.3 is 4.90 Å². The molecular formula is C25H30N2O2. The second kappa shape index (κ2) is 8.40. The maximum Gasteiger partial charge on any atom is 0.325 e. The Morgan fingerprint density at radius 1 is 0.966 bits per heavy atom. The molecule has 0 aromatic heterocycles. The van der Waals surface area contributed by atoms with Crippen molar-refractivity contribution in [3.63, 3.8) is 0 Å². The van der Waals surface area contributed by atoms with E-state index in [2.05, 4.69) is 38.1 Å². The molecule has 1 unspecified atom stereocenters. The molecule has 2 aromatic carbocycles. The summed E-state index contributed by atoms with van der Waals surface area (Å²) in [4.78, 5) is 30.5. The maximum atomic E-state index is 13.6. The van der Waals surface area contributed by atoms with Crippen molar-refractivity contribution < 1.29 is 9.59 Å². The average molecular weight is 391 g/mol. The lowest BCUT2D eigenvalue weighted by molar-refractivity contribution is -0.126. The van der Waals surface area contributed by atoms with Gasteiger partial charge in [0.2, 0.25) is 0 Å². The number of hydrogen-bond donors (Lipinski definition) is 0. The van der Waals surface area contributed by atoms with E-state index in [4.69, 9.17) is 0 Å². The molecule has 2 fully saturated rings. The van der Waals surface area contributed by atoms with Crippen LogP contribution in [0.3, 0.4) is 0 Å². The predicted molar refractivity (Wildman–Crippen MR) is 116 cm³/mol. The molecule has 4 nitrogen and oxygen atoms in total. The highest BCUT2D eigenvalue weighted by atomic mass is 16.2. The molecule has 1 aliphatic carbocycles. The van der Waals surface area contributed by atoms with Gasteiger partial charge in [-0.3, -0.25) is 9.69 Å². The van der Waals surface area contributed by atoms with Crippen LogP contribution in [0.15, 0.2) is 54.6 Å². The van der Waals surface area contributed by atoms with Crippen molar-refractivity contribution in [1.29, 1.82) is 0 Å². The van der Waals surface area contributed by atoms with Gasteiger partial charge in [0.15, 0.2) is 0 Å². The first kappa shape index (κ1) is 19.7. The van der Waals surface area contributed by atoms with E-state index < -0.39 is 0 Å². The van der Waals surface area contributed by atoms with Gasteiger partial charge in [0, 0.05) is 24.6 Å². The number of urea groups is 1. The van der Waals surface area contributed by atoms with Gasteiger partial charge >= 0.3 is 6.03 Å². The minimum absolute atomic E-state index is 0.0204. The van der Waals surface area contributed by atoms with Crippen molar-refractivity contribution in [2.45, 2.75) is 58.0 Å². The zero-order valence-corrected chi connectivity index (χ0v) is 17.4. The van der Waals surface area contributed by atoms with Crippen LogP contribution in [0, 0.1) is 12.8 Å². The van der Waals surface area contributed by atoms with E-state index >= 15 is 0 Å². The Bertz CT molecular complexity index is 862. The largest absolute Gasteiger partial charge is 0.325 e. The fraction of sp³-hybridized carbons (Fsp3) is 0.440. The van der Waals surface area contributed by atoms with Crippen molar-refractivity contribution >= 4 is 17.5 Å². The number of aryl methyl sites for hydroxylation is 1. The molecule has 0 spiro atoms. The molecule has 152 valence electrons. The molecule has 0 N–H and O–H groups in total. The number of anilines is 1. The monoisotopic (exact) mass is 390 g/mol. The molecule has 1 saturated heterocycles. The van der Waals surface area contributed by atoms with Crippen LogP contribution in [0.4, 0.5) is 10.5 Å². The Hall–Kier alpha value is -2.62. The minimum Gasteiger partial charge on any atom is -0.318 e. The van der Waals surface area contributed by atoms with Gasteiger partial charge in [0.1, 0.15) is 5.78 Å². The maximum absolute atomic E-state index is 13.6. The molecule has 0 radical (unpaired) electrons. The predicted octanol–water partition coefficient (Wildman–Crippen LogP) is 5.52. The highest BCUT2D eigenvalue weighted by molar-refractivity contribution is 5.97. The lowest BCUT2D eigenvalue weighted by atomic mass is 9.78. The first-order valence-electron chi connectivity index (χ1n) is 10.9. The Morgan fingerprint density at radius 2 is 1.69 bits per heavy atom. The molecule has 29 heavy (non-hydrogen) atoms. The van der Waals surface area contributed by atoms with Crippen molar-refractivity contribution in [2.24, 2.45) is 5.92 Å². The molecule has 2 aliphatic rings. The quantitative estimate of drug-likeness (QED) is 0.675. The Morgan fingerprint density at radius 3 is 2.34 bits per heavy atom. The zero-order chi connectivity index (χ0) is 20.4. The molecule has 1 saturated carbocycles. The smallest absolute Gasteiger partial charge is 0.318 e. The molecular weight excluding hydrogens is 360 g/mol. The normalized spacial score (nSPS) is 25.0. The molecule has 0 bridgehead atoms. The fourth-order valence-electron chi connectivity index (χ4n) is 4.97. The second-order valence-electron chi connectivity index (χ2n) is 8.35. The number of benzene rings is 2. The highest BCUT2D eigenvalue weighted by Gasteiger charge is 2.51. The number of amides is 2. The molecule has 4 rings (SSSR count). The van der Waals surface area contributed by atoms with E-state index in [1.165, 1.54) is 5.56 Å². The minimum atomic E-state index is -0.149. The highest BCUT2D eigenvalue weighted by Crippen LogP contribution is 2.44. The fourth-order valence-corrected chi connectivity index (χ4v) is 4.97. The van der Waals surface area contributed by atoms with Crippen LogP contribution in [0.5, 0.6) is 0 Å². The van der Waals surface area contributed by atoms with Gasteiger partial charge in [-0.05, 0) is 43.9 Å². The number of para-hydroxylation sites is 1. The third-order valence-electron chi connectivity index (χ3n) is 6.35. The van der Waals surface area contributed by atoms with E-state index in [1.54, 1.807) is 0 Å². The van der Waals surface area contributed by atoms with Crippen LogP contribution >= 0.6 is 0 Å². The number of carbonyl (C=O) groups is 2. The Kier molecular flexibility index (Phi) is 5.70. The van der Waals surface area contributed by atoms with Gasteiger partial charge in [-0.2, -0.15) is 0 Å². The van der Waals surface area contributed by atoms with Gasteiger partial charge in [0.05, 0.1) is 12.1 Å². The third-order valence-corrected chi connectivity index (χ3v) is 6.35. The second-order valence-corrected chi connectivity index (χ2v) is 8.35. The van der Waals surface area contributed by atoms with Crippen LogP contribution in [0.2, 0.25) is 0 Å².